The van der Waals surface area contributed by atoms with Gasteiger partial charge in [0.2, 0.25) is 0 Å². The second-order valence-corrected chi connectivity index (χ2v) is 6.15. The van der Waals surface area contributed by atoms with E-state index in [1.807, 2.05) is 24.0 Å². The second kappa shape index (κ2) is 7.68. The molecule has 0 fully saturated rings. The predicted octanol–water partition coefficient (Wildman–Crippen LogP) is 4.25. The quantitative estimate of drug-likeness (QED) is 0.798. The van der Waals surface area contributed by atoms with E-state index in [0.717, 1.165) is 29.0 Å². The van der Waals surface area contributed by atoms with E-state index in [2.05, 4.69) is 63.5 Å². The van der Waals surface area contributed by atoms with Gasteiger partial charge in [-0.1, -0.05) is 19.1 Å². The number of nitrogens with zero attached hydrogens (tertiary/aromatic N) is 1. The van der Waals surface area contributed by atoms with Crippen LogP contribution in [0.15, 0.2) is 52.0 Å². The van der Waals surface area contributed by atoms with Gasteiger partial charge >= 0.3 is 0 Å². The zero-order valence-corrected chi connectivity index (χ0v) is 13.3. The number of rotatable bonds is 6. The van der Waals surface area contributed by atoms with E-state index < -0.39 is 0 Å². The molecular weight excluding hydrogens is 320 g/mol. The molecule has 19 heavy (non-hydrogen) atoms. The molecule has 0 unspecified atom stereocenters. The van der Waals surface area contributed by atoms with Crippen LogP contribution >= 0.6 is 27.7 Å². The molecule has 0 aliphatic rings. The maximum atomic E-state index is 4.39. The van der Waals surface area contributed by atoms with Gasteiger partial charge in [-0.05, 0) is 52.3 Å². The summed E-state index contributed by atoms with van der Waals surface area (Å²) in [4.78, 5) is 5.68. The average molecular weight is 337 g/mol. The highest BCUT2D eigenvalue weighted by Crippen LogP contribution is 2.23. The van der Waals surface area contributed by atoms with Crippen molar-refractivity contribution in [2.45, 2.75) is 24.1 Å². The van der Waals surface area contributed by atoms with Gasteiger partial charge < -0.3 is 5.32 Å². The SMILES string of the molecule is CCNCc1cccc(SCc2ccc(Br)cn2)c1. The van der Waals surface area contributed by atoms with Crippen LogP contribution in [0, 0.1) is 0 Å². The van der Waals surface area contributed by atoms with Crippen LogP contribution in [0.25, 0.3) is 0 Å². The standard InChI is InChI=1S/C15H17BrN2S/c1-2-17-9-12-4-3-5-15(8-12)19-11-14-7-6-13(16)10-18-14/h3-8,10,17H,2,9,11H2,1H3. The Balaban J connectivity index is 1.93. The minimum Gasteiger partial charge on any atom is -0.313 e. The number of benzene rings is 1. The second-order valence-electron chi connectivity index (χ2n) is 4.18. The molecule has 0 saturated carbocycles. The van der Waals surface area contributed by atoms with Crippen LogP contribution in [-0.2, 0) is 12.3 Å². The highest BCUT2D eigenvalue weighted by Gasteiger charge is 1.99. The molecule has 1 aromatic heterocycles. The number of halogens is 1. The molecular formula is C15H17BrN2S. The van der Waals surface area contributed by atoms with Crippen molar-refractivity contribution in [2.24, 2.45) is 0 Å². The van der Waals surface area contributed by atoms with Crippen LogP contribution in [0.2, 0.25) is 0 Å². The number of thioether (sulfide) groups is 1. The summed E-state index contributed by atoms with van der Waals surface area (Å²) in [7, 11) is 0. The molecule has 0 saturated heterocycles. The molecule has 0 aliphatic heterocycles. The number of pyridine rings is 1. The summed E-state index contributed by atoms with van der Waals surface area (Å²) in [5.41, 5.74) is 2.43. The Labute approximate surface area is 127 Å². The third kappa shape index (κ3) is 4.97. The van der Waals surface area contributed by atoms with Crippen LogP contribution in [0.5, 0.6) is 0 Å². The van der Waals surface area contributed by atoms with Crippen molar-refractivity contribution in [3.63, 3.8) is 0 Å². The number of aromatic nitrogens is 1. The van der Waals surface area contributed by atoms with Crippen LogP contribution in [0.3, 0.4) is 0 Å². The molecule has 2 aromatic rings. The monoisotopic (exact) mass is 336 g/mol. The third-order valence-corrected chi connectivity index (χ3v) is 4.15. The summed E-state index contributed by atoms with van der Waals surface area (Å²) in [5.74, 6) is 0.901. The van der Waals surface area contributed by atoms with Crippen molar-refractivity contribution in [3.8, 4) is 0 Å². The van der Waals surface area contributed by atoms with Gasteiger partial charge in [0.25, 0.3) is 0 Å². The molecule has 2 nitrogen and oxygen atoms in total. The summed E-state index contributed by atoms with van der Waals surface area (Å²) >= 11 is 5.22. The minimum atomic E-state index is 0.901. The molecule has 0 radical (unpaired) electrons. The topological polar surface area (TPSA) is 24.9 Å². The summed E-state index contributed by atoms with van der Waals surface area (Å²) < 4.78 is 1.02. The lowest BCUT2D eigenvalue weighted by molar-refractivity contribution is 0.725. The molecule has 1 heterocycles. The Bertz CT molecular complexity index is 514. The number of nitrogens with one attached hydrogen (secondary N) is 1. The van der Waals surface area contributed by atoms with E-state index in [1.54, 1.807) is 0 Å². The fourth-order valence-electron chi connectivity index (χ4n) is 1.66. The molecule has 2 rings (SSSR count). The summed E-state index contributed by atoms with van der Waals surface area (Å²) in [6.45, 7) is 4.05. The molecule has 100 valence electrons. The minimum absolute atomic E-state index is 0.901. The first-order chi connectivity index (χ1) is 9.28. The predicted molar refractivity (Wildman–Crippen MR) is 85.3 cm³/mol. The maximum absolute atomic E-state index is 4.39. The Hall–Kier alpha value is -0.840. The van der Waals surface area contributed by atoms with Gasteiger partial charge in [-0.15, -0.1) is 11.8 Å². The summed E-state index contributed by atoms with van der Waals surface area (Å²) in [6, 6.07) is 12.8. The van der Waals surface area contributed by atoms with Crippen molar-refractivity contribution < 1.29 is 0 Å². The van der Waals surface area contributed by atoms with E-state index in [1.165, 1.54) is 10.5 Å². The van der Waals surface area contributed by atoms with Crippen molar-refractivity contribution in [3.05, 3.63) is 58.3 Å². The molecule has 0 bridgehead atoms. The molecule has 1 N–H and O–H groups in total. The summed E-state index contributed by atoms with van der Waals surface area (Å²) in [5, 5.41) is 3.34. The molecule has 0 spiro atoms. The van der Waals surface area contributed by atoms with Crippen molar-refractivity contribution >= 4 is 27.7 Å². The zero-order valence-electron chi connectivity index (χ0n) is 10.9. The first kappa shape index (κ1) is 14.6. The zero-order chi connectivity index (χ0) is 13.5. The van der Waals surface area contributed by atoms with Crippen LogP contribution in [0.1, 0.15) is 18.2 Å². The maximum Gasteiger partial charge on any atom is 0.0507 e. The largest absolute Gasteiger partial charge is 0.313 e. The molecule has 1 aromatic carbocycles. The highest BCUT2D eigenvalue weighted by atomic mass is 79.9. The Kier molecular flexibility index (Phi) is 5.89. The van der Waals surface area contributed by atoms with Gasteiger partial charge in [-0.25, -0.2) is 0 Å². The Morgan fingerprint density at radius 2 is 2.16 bits per heavy atom. The van der Waals surface area contributed by atoms with Gasteiger partial charge in [0, 0.05) is 27.9 Å². The highest BCUT2D eigenvalue weighted by molar-refractivity contribution is 9.10. The van der Waals surface area contributed by atoms with Crippen LogP contribution in [-0.4, -0.2) is 11.5 Å². The Morgan fingerprint density at radius 3 is 2.89 bits per heavy atom. The lowest BCUT2D eigenvalue weighted by Crippen LogP contribution is -2.11. The van der Waals surface area contributed by atoms with Gasteiger partial charge in [0.1, 0.15) is 0 Å². The molecule has 0 aliphatic carbocycles. The van der Waals surface area contributed by atoms with E-state index in [4.69, 9.17) is 0 Å². The van der Waals surface area contributed by atoms with E-state index in [0.29, 0.717) is 0 Å². The lowest BCUT2D eigenvalue weighted by atomic mass is 10.2. The molecule has 4 heteroatoms. The van der Waals surface area contributed by atoms with Crippen LogP contribution < -0.4 is 5.32 Å². The fraction of sp³-hybridized carbons (Fsp3) is 0.267. The van der Waals surface area contributed by atoms with Crippen molar-refractivity contribution in [2.75, 3.05) is 6.54 Å². The third-order valence-electron chi connectivity index (χ3n) is 2.65. The van der Waals surface area contributed by atoms with E-state index in [-0.39, 0.29) is 0 Å². The number of hydrogen-bond acceptors (Lipinski definition) is 3. The van der Waals surface area contributed by atoms with E-state index >= 15 is 0 Å². The normalized spacial score (nSPS) is 10.6. The van der Waals surface area contributed by atoms with Gasteiger partial charge in [0.05, 0.1) is 5.69 Å². The molecule has 0 atom stereocenters. The molecule has 0 amide bonds. The lowest BCUT2D eigenvalue weighted by Gasteiger charge is -2.05. The van der Waals surface area contributed by atoms with Crippen molar-refractivity contribution in [1.82, 2.24) is 10.3 Å². The Morgan fingerprint density at radius 1 is 1.26 bits per heavy atom. The van der Waals surface area contributed by atoms with Crippen molar-refractivity contribution in [1.29, 1.82) is 0 Å². The van der Waals surface area contributed by atoms with Gasteiger partial charge in [0.15, 0.2) is 0 Å². The van der Waals surface area contributed by atoms with Crippen LogP contribution in [0.4, 0.5) is 0 Å². The summed E-state index contributed by atoms with van der Waals surface area (Å²) in [6.07, 6.45) is 1.84. The fourth-order valence-corrected chi connectivity index (χ4v) is 2.79. The van der Waals surface area contributed by atoms with Gasteiger partial charge in [-0.2, -0.15) is 0 Å². The van der Waals surface area contributed by atoms with Gasteiger partial charge in [-0.3, -0.25) is 4.98 Å². The first-order valence-corrected chi connectivity index (χ1v) is 8.08. The smallest absolute Gasteiger partial charge is 0.0507 e. The average Bonchev–Trinajstić information content (AvgIpc) is 2.45. The van der Waals surface area contributed by atoms with E-state index in [9.17, 15) is 0 Å². The number of hydrogen-bond donors (Lipinski definition) is 1. The first-order valence-electron chi connectivity index (χ1n) is 6.31.